The van der Waals surface area contributed by atoms with Crippen LogP contribution in [-0.4, -0.2) is 37.2 Å². The minimum atomic E-state index is -3.47. The van der Waals surface area contributed by atoms with Crippen molar-refractivity contribution in [2.24, 2.45) is 5.92 Å². The van der Waals surface area contributed by atoms with Crippen LogP contribution in [0, 0.1) is 5.92 Å². The molecule has 1 saturated heterocycles. The number of furan rings is 1. The van der Waals surface area contributed by atoms with Crippen molar-refractivity contribution in [3.8, 4) is 0 Å². The Balaban J connectivity index is 1.84. The molecule has 1 aromatic carbocycles. The van der Waals surface area contributed by atoms with Gasteiger partial charge in [-0.25, -0.2) is 0 Å². The summed E-state index contributed by atoms with van der Waals surface area (Å²) in [5.74, 6) is 1.08. The van der Waals surface area contributed by atoms with E-state index in [1.807, 2.05) is 37.3 Å². The van der Waals surface area contributed by atoms with E-state index in [4.69, 9.17) is 4.42 Å². The van der Waals surface area contributed by atoms with Gasteiger partial charge in [-0.3, -0.25) is 0 Å². The summed E-state index contributed by atoms with van der Waals surface area (Å²) in [5.41, 5.74) is 0.784. The minimum absolute atomic E-state index is 0.343. The molecule has 1 aromatic heterocycles. The predicted octanol–water partition coefficient (Wildman–Crippen LogP) is 3.40. The standard InChI is InChI=1S/C17H24N2O3S/c1-13-7-6-10-19(12-13)23(20,21)18(3)14(2)17-11-15-8-4-5-9-16(15)22-17/h4-5,8-9,11,13-14H,6-7,10,12H2,1-3H3/t13-,14-/m0/s1. The second-order valence-electron chi connectivity index (χ2n) is 6.49. The van der Waals surface area contributed by atoms with Gasteiger partial charge in [0.1, 0.15) is 11.3 Å². The smallest absolute Gasteiger partial charge is 0.282 e. The van der Waals surface area contributed by atoms with Gasteiger partial charge >= 0.3 is 0 Å². The number of piperidine rings is 1. The van der Waals surface area contributed by atoms with Crippen LogP contribution in [0.2, 0.25) is 0 Å². The topological polar surface area (TPSA) is 53.8 Å². The molecule has 23 heavy (non-hydrogen) atoms. The number of para-hydroxylation sites is 1. The van der Waals surface area contributed by atoms with E-state index < -0.39 is 10.2 Å². The second kappa shape index (κ2) is 6.26. The van der Waals surface area contributed by atoms with E-state index >= 15 is 0 Å². The lowest BCUT2D eigenvalue weighted by atomic mass is 10.0. The second-order valence-corrected chi connectivity index (χ2v) is 8.48. The van der Waals surface area contributed by atoms with E-state index in [2.05, 4.69) is 6.92 Å². The zero-order chi connectivity index (χ0) is 16.6. The Kier molecular flexibility index (Phi) is 4.49. The molecule has 0 radical (unpaired) electrons. The Morgan fingerprint density at radius 1 is 1.35 bits per heavy atom. The van der Waals surface area contributed by atoms with Gasteiger partial charge < -0.3 is 4.42 Å². The predicted molar refractivity (Wildman–Crippen MR) is 91.3 cm³/mol. The summed E-state index contributed by atoms with van der Waals surface area (Å²) in [5, 5.41) is 0.992. The first-order valence-corrected chi connectivity index (χ1v) is 9.51. The number of nitrogens with zero attached hydrogens (tertiary/aromatic N) is 2. The average molecular weight is 336 g/mol. The number of hydrogen-bond acceptors (Lipinski definition) is 3. The molecule has 5 nitrogen and oxygen atoms in total. The van der Waals surface area contributed by atoms with Gasteiger partial charge in [-0.2, -0.15) is 17.0 Å². The number of rotatable bonds is 4. The van der Waals surface area contributed by atoms with Crippen LogP contribution in [0.5, 0.6) is 0 Å². The van der Waals surface area contributed by atoms with Crippen molar-refractivity contribution < 1.29 is 12.8 Å². The number of hydrogen-bond donors (Lipinski definition) is 0. The third kappa shape index (κ3) is 3.16. The Bertz CT molecular complexity index is 751. The normalized spacial score (nSPS) is 21.8. The number of benzene rings is 1. The largest absolute Gasteiger partial charge is 0.459 e. The fourth-order valence-corrected chi connectivity index (χ4v) is 4.80. The Hall–Kier alpha value is -1.37. The first-order valence-electron chi connectivity index (χ1n) is 8.11. The SMILES string of the molecule is C[C@H]1CCCN(S(=O)(=O)N(C)[C@@H](C)c2cc3ccccc3o2)C1. The molecule has 0 spiro atoms. The molecule has 0 saturated carbocycles. The van der Waals surface area contributed by atoms with Crippen LogP contribution in [0.4, 0.5) is 0 Å². The maximum Gasteiger partial charge on any atom is 0.282 e. The summed E-state index contributed by atoms with van der Waals surface area (Å²) in [7, 11) is -1.84. The molecule has 1 fully saturated rings. The van der Waals surface area contributed by atoms with Gasteiger partial charge in [-0.15, -0.1) is 0 Å². The van der Waals surface area contributed by atoms with Crippen LogP contribution in [0.15, 0.2) is 34.7 Å². The lowest BCUT2D eigenvalue weighted by Crippen LogP contribution is -2.46. The molecule has 1 aliphatic heterocycles. The maximum absolute atomic E-state index is 12.9. The van der Waals surface area contributed by atoms with Gasteiger partial charge in [0.25, 0.3) is 10.2 Å². The van der Waals surface area contributed by atoms with E-state index in [0.717, 1.165) is 23.8 Å². The quantitative estimate of drug-likeness (QED) is 0.860. The zero-order valence-corrected chi connectivity index (χ0v) is 14.7. The van der Waals surface area contributed by atoms with Gasteiger partial charge in [0.2, 0.25) is 0 Å². The summed E-state index contributed by atoms with van der Waals surface area (Å²) in [6.07, 6.45) is 2.02. The maximum atomic E-state index is 12.9. The first kappa shape index (κ1) is 16.5. The third-order valence-electron chi connectivity index (χ3n) is 4.71. The fourth-order valence-electron chi connectivity index (χ4n) is 3.13. The van der Waals surface area contributed by atoms with Gasteiger partial charge in [-0.05, 0) is 37.8 Å². The Morgan fingerprint density at radius 2 is 2.09 bits per heavy atom. The molecule has 2 aromatic rings. The van der Waals surface area contributed by atoms with Crippen molar-refractivity contribution in [1.29, 1.82) is 0 Å². The molecule has 2 heterocycles. The summed E-state index contributed by atoms with van der Waals surface area (Å²) < 4.78 is 34.6. The summed E-state index contributed by atoms with van der Waals surface area (Å²) in [6, 6.07) is 9.30. The Morgan fingerprint density at radius 3 is 2.78 bits per heavy atom. The van der Waals surface area contributed by atoms with Gasteiger partial charge in [0, 0.05) is 25.5 Å². The van der Waals surface area contributed by atoms with Crippen LogP contribution in [0.25, 0.3) is 11.0 Å². The summed E-state index contributed by atoms with van der Waals surface area (Å²) in [4.78, 5) is 0. The molecule has 126 valence electrons. The molecule has 0 unspecified atom stereocenters. The average Bonchev–Trinajstić information content (AvgIpc) is 2.97. The van der Waals surface area contributed by atoms with Crippen molar-refractivity contribution in [3.63, 3.8) is 0 Å². The van der Waals surface area contributed by atoms with Crippen LogP contribution >= 0.6 is 0 Å². The number of fused-ring (bicyclic) bond motifs is 1. The molecule has 0 bridgehead atoms. The van der Waals surface area contributed by atoms with Gasteiger partial charge in [0.05, 0.1) is 6.04 Å². The third-order valence-corrected chi connectivity index (χ3v) is 6.74. The van der Waals surface area contributed by atoms with Crippen molar-refractivity contribution in [1.82, 2.24) is 8.61 Å². The van der Waals surface area contributed by atoms with Crippen LogP contribution in [0.1, 0.15) is 38.5 Å². The van der Waals surface area contributed by atoms with Crippen LogP contribution < -0.4 is 0 Å². The van der Waals surface area contributed by atoms with Crippen molar-refractivity contribution in [2.75, 3.05) is 20.1 Å². The lowest BCUT2D eigenvalue weighted by molar-refractivity contribution is 0.249. The summed E-state index contributed by atoms with van der Waals surface area (Å²) >= 11 is 0. The van der Waals surface area contributed by atoms with E-state index in [0.29, 0.717) is 24.8 Å². The molecule has 0 aliphatic carbocycles. The van der Waals surface area contributed by atoms with E-state index in [1.54, 1.807) is 11.4 Å². The Labute approximate surface area is 138 Å². The van der Waals surface area contributed by atoms with Crippen molar-refractivity contribution in [2.45, 2.75) is 32.7 Å². The molecule has 3 rings (SSSR count). The molecule has 6 heteroatoms. The molecule has 2 atom stereocenters. The van der Waals surface area contributed by atoms with Crippen molar-refractivity contribution >= 4 is 21.2 Å². The fraction of sp³-hybridized carbons (Fsp3) is 0.529. The van der Waals surface area contributed by atoms with Crippen molar-refractivity contribution in [3.05, 3.63) is 36.1 Å². The molecular weight excluding hydrogens is 312 g/mol. The molecule has 0 amide bonds. The molecule has 0 N–H and O–H groups in total. The molecule has 1 aliphatic rings. The highest BCUT2D eigenvalue weighted by atomic mass is 32.2. The van der Waals surface area contributed by atoms with E-state index in [-0.39, 0.29) is 6.04 Å². The van der Waals surface area contributed by atoms with Gasteiger partial charge in [-0.1, -0.05) is 25.1 Å². The zero-order valence-electron chi connectivity index (χ0n) is 13.9. The lowest BCUT2D eigenvalue weighted by Gasteiger charge is -2.34. The summed E-state index contributed by atoms with van der Waals surface area (Å²) in [6.45, 7) is 5.16. The minimum Gasteiger partial charge on any atom is -0.459 e. The monoisotopic (exact) mass is 336 g/mol. The van der Waals surface area contributed by atoms with Gasteiger partial charge in [0.15, 0.2) is 0 Å². The highest BCUT2D eigenvalue weighted by molar-refractivity contribution is 7.86. The van der Waals surface area contributed by atoms with E-state index in [1.165, 1.54) is 4.31 Å². The first-order chi connectivity index (χ1) is 10.9. The van der Waals surface area contributed by atoms with E-state index in [9.17, 15) is 8.42 Å². The van der Waals surface area contributed by atoms with Crippen LogP contribution in [0.3, 0.4) is 0 Å². The van der Waals surface area contributed by atoms with Crippen LogP contribution in [-0.2, 0) is 10.2 Å². The molecular formula is C17H24N2O3S. The highest BCUT2D eigenvalue weighted by Gasteiger charge is 2.34. The highest BCUT2D eigenvalue weighted by Crippen LogP contribution is 2.30.